The van der Waals surface area contributed by atoms with E-state index in [1.807, 2.05) is 0 Å². The number of hydrogen-bond acceptors (Lipinski definition) is 0. The monoisotopic (exact) mass is 217 g/mol. The molecule has 0 unspecified atom stereocenters. The SMILES string of the molecule is C#CCCCCCC.[Ag]. The van der Waals surface area contributed by atoms with E-state index in [0.717, 1.165) is 6.42 Å². The number of hydrogen-bond donors (Lipinski definition) is 0. The molecule has 9 heavy (non-hydrogen) atoms. The molecule has 0 amide bonds. The predicted octanol–water partition coefficient (Wildman–Crippen LogP) is 2.59. The minimum atomic E-state index is 0. The summed E-state index contributed by atoms with van der Waals surface area (Å²) in [5, 5.41) is 0. The molecule has 0 bridgehead atoms. The fraction of sp³-hybridized carbons (Fsp3) is 0.750. The van der Waals surface area contributed by atoms with Gasteiger partial charge in [-0.15, -0.1) is 12.3 Å². The minimum Gasteiger partial charge on any atom is -0.120 e. The van der Waals surface area contributed by atoms with Crippen molar-refractivity contribution in [2.24, 2.45) is 0 Å². The Labute approximate surface area is 73.9 Å². The van der Waals surface area contributed by atoms with E-state index in [0.29, 0.717) is 0 Å². The van der Waals surface area contributed by atoms with Crippen molar-refractivity contribution in [1.29, 1.82) is 0 Å². The maximum absolute atomic E-state index is 5.06. The van der Waals surface area contributed by atoms with Gasteiger partial charge in [0.25, 0.3) is 0 Å². The molecule has 0 spiro atoms. The molecule has 0 aromatic heterocycles. The number of rotatable bonds is 4. The van der Waals surface area contributed by atoms with E-state index in [4.69, 9.17) is 6.42 Å². The minimum absolute atomic E-state index is 0. The first-order valence-electron chi connectivity index (χ1n) is 3.35. The van der Waals surface area contributed by atoms with E-state index in [9.17, 15) is 0 Å². The Bertz CT molecular complexity index is 71.1. The zero-order valence-electron chi connectivity index (χ0n) is 5.91. The van der Waals surface area contributed by atoms with Crippen LogP contribution in [0.2, 0.25) is 0 Å². The second-order valence-electron chi connectivity index (χ2n) is 2.01. The van der Waals surface area contributed by atoms with Crippen LogP contribution in [0.4, 0.5) is 0 Å². The third-order valence-corrected chi connectivity index (χ3v) is 1.17. The van der Waals surface area contributed by atoms with Gasteiger partial charge < -0.3 is 0 Å². The van der Waals surface area contributed by atoms with E-state index in [2.05, 4.69) is 12.8 Å². The van der Waals surface area contributed by atoms with Gasteiger partial charge in [0, 0.05) is 28.8 Å². The molecule has 0 saturated heterocycles. The first kappa shape index (κ1) is 12.0. The Balaban J connectivity index is 0. The molecule has 0 aliphatic heterocycles. The molecule has 0 N–H and O–H groups in total. The molecule has 0 aromatic rings. The Hall–Kier alpha value is 0.300. The summed E-state index contributed by atoms with van der Waals surface area (Å²) in [7, 11) is 0. The molecule has 0 aromatic carbocycles. The van der Waals surface area contributed by atoms with Crippen LogP contribution in [0.5, 0.6) is 0 Å². The average molecular weight is 218 g/mol. The summed E-state index contributed by atoms with van der Waals surface area (Å²) >= 11 is 0. The van der Waals surface area contributed by atoms with Crippen molar-refractivity contribution in [2.45, 2.75) is 39.0 Å². The van der Waals surface area contributed by atoms with Crippen molar-refractivity contribution in [3.63, 3.8) is 0 Å². The van der Waals surface area contributed by atoms with Crippen LogP contribution in [0.3, 0.4) is 0 Å². The largest absolute Gasteiger partial charge is 0.120 e. The molecule has 57 valence electrons. The first-order chi connectivity index (χ1) is 3.91. The van der Waals surface area contributed by atoms with Crippen LogP contribution in [0, 0.1) is 12.3 Å². The van der Waals surface area contributed by atoms with Crippen molar-refractivity contribution < 1.29 is 22.4 Å². The van der Waals surface area contributed by atoms with E-state index in [-0.39, 0.29) is 22.4 Å². The van der Waals surface area contributed by atoms with Crippen LogP contribution in [-0.2, 0) is 22.4 Å². The Kier molecular flexibility index (Phi) is 14.9. The third-order valence-electron chi connectivity index (χ3n) is 1.17. The van der Waals surface area contributed by atoms with Crippen LogP contribution in [0.1, 0.15) is 39.0 Å². The van der Waals surface area contributed by atoms with Gasteiger partial charge >= 0.3 is 0 Å². The summed E-state index contributed by atoms with van der Waals surface area (Å²) in [5.41, 5.74) is 0. The smallest absolute Gasteiger partial charge is 0.00860 e. The second-order valence-corrected chi connectivity index (χ2v) is 2.01. The molecule has 0 aliphatic carbocycles. The van der Waals surface area contributed by atoms with Crippen molar-refractivity contribution >= 4 is 0 Å². The van der Waals surface area contributed by atoms with Crippen molar-refractivity contribution in [3.05, 3.63) is 0 Å². The van der Waals surface area contributed by atoms with Gasteiger partial charge in [-0.2, -0.15) is 0 Å². The normalized spacial score (nSPS) is 7.56. The zero-order valence-corrected chi connectivity index (χ0v) is 7.40. The molecule has 0 fully saturated rings. The summed E-state index contributed by atoms with van der Waals surface area (Å²) in [6.07, 6.45) is 11.2. The van der Waals surface area contributed by atoms with E-state index in [1.54, 1.807) is 0 Å². The maximum Gasteiger partial charge on any atom is 0.00860 e. The third kappa shape index (κ3) is 11.7. The van der Waals surface area contributed by atoms with Crippen molar-refractivity contribution in [2.75, 3.05) is 0 Å². The molecular weight excluding hydrogens is 204 g/mol. The van der Waals surface area contributed by atoms with Gasteiger partial charge in [-0.05, 0) is 6.42 Å². The predicted molar refractivity (Wildman–Crippen MR) is 37.6 cm³/mol. The van der Waals surface area contributed by atoms with Crippen LogP contribution in [0.25, 0.3) is 0 Å². The zero-order chi connectivity index (χ0) is 6.24. The molecule has 0 heterocycles. The molecular formula is C8H14Ag. The topological polar surface area (TPSA) is 0 Å². The molecule has 0 nitrogen and oxygen atoms in total. The Morgan fingerprint density at radius 2 is 1.89 bits per heavy atom. The average Bonchev–Trinajstić information content (AvgIpc) is 1.81. The van der Waals surface area contributed by atoms with Crippen LogP contribution in [0.15, 0.2) is 0 Å². The van der Waals surface area contributed by atoms with E-state index in [1.165, 1.54) is 25.7 Å². The van der Waals surface area contributed by atoms with Gasteiger partial charge in [0.15, 0.2) is 0 Å². The van der Waals surface area contributed by atoms with E-state index < -0.39 is 0 Å². The summed E-state index contributed by atoms with van der Waals surface area (Å²) in [4.78, 5) is 0. The molecule has 1 radical (unpaired) electrons. The summed E-state index contributed by atoms with van der Waals surface area (Å²) in [6, 6.07) is 0. The number of unbranched alkanes of at least 4 members (excludes halogenated alkanes) is 4. The number of terminal acetylenes is 1. The van der Waals surface area contributed by atoms with Gasteiger partial charge in [-0.1, -0.05) is 26.2 Å². The molecule has 0 rings (SSSR count). The molecule has 1 heteroatoms. The van der Waals surface area contributed by atoms with Gasteiger partial charge in [-0.25, -0.2) is 0 Å². The van der Waals surface area contributed by atoms with Gasteiger partial charge in [0.2, 0.25) is 0 Å². The fourth-order valence-corrected chi connectivity index (χ4v) is 0.654. The second kappa shape index (κ2) is 11.1. The van der Waals surface area contributed by atoms with Crippen LogP contribution in [-0.4, -0.2) is 0 Å². The van der Waals surface area contributed by atoms with Gasteiger partial charge in [-0.3, -0.25) is 0 Å². The van der Waals surface area contributed by atoms with Crippen molar-refractivity contribution in [1.82, 2.24) is 0 Å². The van der Waals surface area contributed by atoms with Crippen LogP contribution < -0.4 is 0 Å². The summed E-state index contributed by atoms with van der Waals surface area (Å²) < 4.78 is 0. The molecule has 0 atom stereocenters. The summed E-state index contributed by atoms with van der Waals surface area (Å²) in [6.45, 7) is 2.20. The maximum atomic E-state index is 5.06. The summed E-state index contributed by atoms with van der Waals surface area (Å²) in [5.74, 6) is 2.63. The van der Waals surface area contributed by atoms with Gasteiger partial charge in [0.05, 0.1) is 0 Å². The van der Waals surface area contributed by atoms with E-state index >= 15 is 0 Å². The first-order valence-corrected chi connectivity index (χ1v) is 3.35. The molecule has 0 aliphatic rings. The standard InChI is InChI=1S/C8H14.Ag/c1-3-5-7-8-6-4-2;/h1H,4-8H2,2H3;. The molecule has 0 saturated carbocycles. The fourth-order valence-electron chi connectivity index (χ4n) is 0.654. The quantitative estimate of drug-likeness (QED) is 0.386. The van der Waals surface area contributed by atoms with Crippen LogP contribution >= 0.6 is 0 Å². The van der Waals surface area contributed by atoms with Gasteiger partial charge in [0.1, 0.15) is 0 Å². The Morgan fingerprint density at radius 3 is 2.33 bits per heavy atom. The van der Waals surface area contributed by atoms with Crippen molar-refractivity contribution in [3.8, 4) is 12.3 Å². The Morgan fingerprint density at radius 1 is 1.22 bits per heavy atom.